The van der Waals surface area contributed by atoms with E-state index in [1.807, 2.05) is 39.8 Å². The average Bonchev–Trinajstić information content (AvgIpc) is 2.86. The van der Waals surface area contributed by atoms with Gasteiger partial charge in [0.15, 0.2) is 5.78 Å². The molecule has 0 unspecified atom stereocenters. The third-order valence-electron chi connectivity index (χ3n) is 5.16. The average molecular weight is 316 g/mol. The smallest absolute Gasteiger partial charge is 0.310 e. The number of hydrogen-bond acceptors (Lipinski definition) is 3. The Morgan fingerprint density at radius 1 is 1.35 bits per heavy atom. The molecule has 2 aliphatic rings. The highest BCUT2D eigenvalue weighted by Gasteiger charge is 2.61. The van der Waals surface area contributed by atoms with Crippen molar-refractivity contribution < 1.29 is 14.3 Å². The summed E-state index contributed by atoms with van der Waals surface area (Å²) in [5.74, 6) is 0.0833. The highest BCUT2D eigenvalue weighted by Crippen LogP contribution is 2.60. The second-order valence-corrected chi connectivity index (χ2v) is 7.56. The number of carbonyl (C=O) groups is 2. The Morgan fingerprint density at radius 3 is 2.57 bits per heavy atom. The van der Waals surface area contributed by atoms with E-state index in [9.17, 15) is 9.59 Å². The molecule has 0 aromatic carbocycles. The van der Waals surface area contributed by atoms with Gasteiger partial charge in [-0.2, -0.15) is 0 Å². The van der Waals surface area contributed by atoms with E-state index in [1.54, 1.807) is 0 Å². The number of Topliss-reactive ketones (excluding diaryl/α,β-unsaturated/α-hetero) is 1. The minimum Gasteiger partial charge on any atom is -0.457 e. The van der Waals surface area contributed by atoms with Crippen LogP contribution in [0.25, 0.3) is 0 Å². The van der Waals surface area contributed by atoms with Crippen LogP contribution in [0.2, 0.25) is 0 Å². The largest absolute Gasteiger partial charge is 0.457 e. The fraction of sp³-hybridized carbons (Fsp3) is 0.600. The molecule has 0 radical (unpaired) electrons. The molecule has 0 N–H and O–H groups in total. The molecule has 3 heteroatoms. The Morgan fingerprint density at radius 2 is 2.00 bits per heavy atom. The Kier molecular flexibility index (Phi) is 4.98. The fourth-order valence-electron chi connectivity index (χ4n) is 3.51. The monoisotopic (exact) mass is 316 g/mol. The van der Waals surface area contributed by atoms with Crippen molar-refractivity contribution in [2.24, 2.45) is 17.3 Å². The van der Waals surface area contributed by atoms with Gasteiger partial charge in [0, 0.05) is 5.57 Å². The third kappa shape index (κ3) is 3.49. The summed E-state index contributed by atoms with van der Waals surface area (Å²) in [4.78, 5) is 24.7. The van der Waals surface area contributed by atoms with Crippen LogP contribution in [0.1, 0.15) is 54.4 Å². The summed E-state index contributed by atoms with van der Waals surface area (Å²) in [6.45, 7) is 12.1. The van der Waals surface area contributed by atoms with Gasteiger partial charge in [-0.25, -0.2) is 0 Å². The quantitative estimate of drug-likeness (QED) is 0.558. The van der Waals surface area contributed by atoms with E-state index in [0.29, 0.717) is 12.8 Å². The molecule has 3 atom stereocenters. The maximum atomic E-state index is 12.5. The van der Waals surface area contributed by atoms with Crippen LogP contribution in [0.5, 0.6) is 0 Å². The van der Waals surface area contributed by atoms with Crippen LogP contribution in [0.3, 0.4) is 0 Å². The second-order valence-electron chi connectivity index (χ2n) is 7.56. The van der Waals surface area contributed by atoms with Crippen molar-refractivity contribution in [3.8, 4) is 0 Å². The standard InChI is InChI=1S/C20H28O3/c1-7-8-9-14-13(4)17(11-16(14)21)23-19(22)18-15(10-12(2)3)20(18,5)6/h7-8,10,15,17-18H,9,11H2,1-6H3/b8-7+/t15-,17+,18+/m1/s1. The number of allylic oxidation sites excluding steroid dienone is 5. The van der Waals surface area contributed by atoms with E-state index in [2.05, 4.69) is 19.9 Å². The van der Waals surface area contributed by atoms with Gasteiger partial charge in [0.1, 0.15) is 6.10 Å². The van der Waals surface area contributed by atoms with Crippen LogP contribution in [-0.4, -0.2) is 17.9 Å². The van der Waals surface area contributed by atoms with Crippen molar-refractivity contribution in [1.29, 1.82) is 0 Å². The van der Waals surface area contributed by atoms with Crippen molar-refractivity contribution >= 4 is 11.8 Å². The number of ketones is 1. The van der Waals surface area contributed by atoms with Crippen molar-refractivity contribution in [2.75, 3.05) is 0 Å². The molecule has 1 fully saturated rings. The van der Waals surface area contributed by atoms with Crippen LogP contribution in [0.15, 0.2) is 34.9 Å². The minimum atomic E-state index is -0.376. The Bertz CT molecular complexity index is 600. The molecule has 0 aromatic rings. The lowest BCUT2D eigenvalue weighted by Gasteiger charge is -2.13. The fourth-order valence-corrected chi connectivity index (χ4v) is 3.51. The molecule has 0 bridgehead atoms. The molecule has 23 heavy (non-hydrogen) atoms. The van der Waals surface area contributed by atoms with Crippen molar-refractivity contribution in [3.05, 3.63) is 34.9 Å². The maximum Gasteiger partial charge on any atom is 0.310 e. The SMILES string of the molecule is C/C=C/CC1=C(C)[C@@H](OC(=O)[C@@H]2[C@@H](C=C(C)C)C2(C)C)CC1=O. The zero-order valence-corrected chi connectivity index (χ0v) is 15.1. The number of hydrogen-bond donors (Lipinski definition) is 0. The summed E-state index contributed by atoms with van der Waals surface area (Å²) in [6, 6.07) is 0. The molecular formula is C20H28O3. The molecule has 0 aromatic heterocycles. The van der Waals surface area contributed by atoms with Crippen molar-refractivity contribution in [3.63, 3.8) is 0 Å². The van der Waals surface area contributed by atoms with Gasteiger partial charge < -0.3 is 4.74 Å². The van der Waals surface area contributed by atoms with Crippen molar-refractivity contribution in [2.45, 2.75) is 60.5 Å². The minimum absolute atomic E-state index is 0.0532. The summed E-state index contributed by atoms with van der Waals surface area (Å²) < 4.78 is 5.70. The first-order chi connectivity index (χ1) is 10.7. The third-order valence-corrected chi connectivity index (χ3v) is 5.16. The van der Waals surface area contributed by atoms with Gasteiger partial charge in [-0.3, -0.25) is 9.59 Å². The molecule has 0 saturated heterocycles. The van der Waals surface area contributed by atoms with Crippen LogP contribution in [0.4, 0.5) is 0 Å². The van der Waals surface area contributed by atoms with Crippen molar-refractivity contribution in [1.82, 2.24) is 0 Å². The van der Waals surface area contributed by atoms with E-state index in [1.165, 1.54) is 5.57 Å². The molecule has 2 aliphatic carbocycles. The molecule has 1 saturated carbocycles. The van der Waals surface area contributed by atoms with Gasteiger partial charge >= 0.3 is 5.97 Å². The molecule has 3 nitrogen and oxygen atoms in total. The Hall–Kier alpha value is -1.64. The summed E-state index contributed by atoms with van der Waals surface area (Å²) in [5, 5.41) is 0. The van der Waals surface area contributed by atoms with Gasteiger partial charge in [0.2, 0.25) is 0 Å². The second kappa shape index (κ2) is 6.46. The van der Waals surface area contributed by atoms with E-state index in [4.69, 9.17) is 4.74 Å². The molecule has 0 spiro atoms. The maximum absolute atomic E-state index is 12.5. The number of esters is 1. The van der Waals surface area contributed by atoms with Gasteiger partial charge in [0.25, 0.3) is 0 Å². The zero-order chi connectivity index (χ0) is 17.4. The Labute approximate surface area is 139 Å². The van der Waals surface area contributed by atoms with E-state index in [-0.39, 0.29) is 35.1 Å². The molecule has 0 heterocycles. The van der Waals surface area contributed by atoms with Gasteiger partial charge in [-0.05, 0) is 51.0 Å². The van der Waals surface area contributed by atoms with Crippen LogP contribution in [-0.2, 0) is 14.3 Å². The first-order valence-electron chi connectivity index (χ1n) is 8.39. The van der Waals surface area contributed by atoms with Gasteiger partial charge in [-0.15, -0.1) is 0 Å². The lowest BCUT2D eigenvalue weighted by molar-refractivity contribution is -0.150. The van der Waals surface area contributed by atoms with Crippen LogP contribution < -0.4 is 0 Å². The van der Waals surface area contributed by atoms with Gasteiger partial charge in [0.05, 0.1) is 12.3 Å². The first kappa shape index (κ1) is 17.7. The number of ether oxygens (including phenoxy) is 1. The summed E-state index contributed by atoms with van der Waals surface area (Å²) >= 11 is 0. The summed E-state index contributed by atoms with van der Waals surface area (Å²) in [7, 11) is 0. The zero-order valence-electron chi connectivity index (χ0n) is 15.1. The number of carbonyl (C=O) groups excluding carboxylic acids is 2. The Balaban J connectivity index is 2.06. The molecule has 2 rings (SSSR count). The molecular weight excluding hydrogens is 288 g/mol. The predicted molar refractivity (Wildman–Crippen MR) is 91.8 cm³/mol. The molecule has 126 valence electrons. The summed E-state index contributed by atoms with van der Waals surface area (Å²) in [5.41, 5.74) is 2.89. The van der Waals surface area contributed by atoms with E-state index < -0.39 is 0 Å². The lowest BCUT2D eigenvalue weighted by Crippen LogP contribution is -2.20. The van der Waals surface area contributed by atoms with Crippen LogP contribution >= 0.6 is 0 Å². The number of rotatable bonds is 5. The first-order valence-corrected chi connectivity index (χ1v) is 8.39. The van der Waals surface area contributed by atoms with Crippen LogP contribution in [0, 0.1) is 17.3 Å². The lowest BCUT2D eigenvalue weighted by atomic mass is 10.1. The highest BCUT2D eigenvalue weighted by atomic mass is 16.5. The topological polar surface area (TPSA) is 43.4 Å². The normalized spacial score (nSPS) is 29.1. The summed E-state index contributed by atoms with van der Waals surface area (Å²) in [6.07, 6.45) is 6.61. The van der Waals surface area contributed by atoms with E-state index in [0.717, 1.165) is 11.1 Å². The predicted octanol–water partition coefficient (Wildman–Crippen LogP) is 4.39. The van der Waals surface area contributed by atoms with E-state index >= 15 is 0 Å². The molecule has 0 aliphatic heterocycles. The highest BCUT2D eigenvalue weighted by molar-refractivity contribution is 6.00. The van der Waals surface area contributed by atoms with Gasteiger partial charge in [-0.1, -0.05) is 37.6 Å². The molecule has 0 amide bonds.